The standard InChI is InChI=1S/C18H20Cl2N3/c1-4-15-18(9-12(2)23(15)3,13-5-7-16(19)21-10-13)14-6-8-17(20)22-11-14/h5-8,10-12H,4,9H2,1-3H3/q+1/t12-/m0/s1. The van der Waals surface area contributed by atoms with E-state index in [-0.39, 0.29) is 5.41 Å². The van der Waals surface area contributed by atoms with Crippen molar-refractivity contribution in [3.8, 4) is 0 Å². The third-order valence-electron chi connectivity index (χ3n) is 4.96. The van der Waals surface area contributed by atoms with Crippen LogP contribution in [0.4, 0.5) is 0 Å². The van der Waals surface area contributed by atoms with Crippen LogP contribution in [-0.2, 0) is 5.41 Å². The minimum Gasteiger partial charge on any atom is -0.244 e. The molecule has 3 heterocycles. The molecule has 0 amide bonds. The summed E-state index contributed by atoms with van der Waals surface area (Å²) in [5.41, 5.74) is 3.45. The Morgan fingerprint density at radius 1 is 1.09 bits per heavy atom. The van der Waals surface area contributed by atoms with Crippen molar-refractivity contribution in [2.45, 2.75) is 38.1 Å². The molecule has 2 aromatic rings. The molecule has 1 aliphatic rings. The van der Waals surface area contributed by atoms with Gasteiger partial charge in [0.05, 0.1) is 0 Å². The molecule has 2 aromatic heterocycles. The van der Waals surface area contributed by atoms with E-state index in [4.69, 9.17) is 23.2 Å². The number of hydrogen-bond donors (Lipinski definition) is 0. The lowest BCUT2D eigenvalue weighted by Gasteiger charge is -2.28. The summed E-state index contributed by atoms with van der Waals surface area (Å²) in [5, 5.41) is 1.02. The SMILES string of the molecule is CCC1=[N+](C)[C@@H](C)CC1(c1ccc(Cl)nc1)c1ccc(Cl)nc1. The van der Waals surface area contributed by atoms with Gasteiger partial charge in [-0.15, -0.1) is 0 Å². The molecule has 0 fully saturated rings. The van der Waals surface area contributed by atoms with Crippen molar-refractivity contribution in [2.75, 3.05) is 7.05 Å². The van der Waals surface area contributed by atoms with E-state index in [0.29, 0.717) is 16.3 Å². The number of halogens is 2. The van der Waals surface area contributed by atoms with Crippen molar-refractivity contribution in [2.24, 2.45) is 0 Å². The first-order valence-electron chi connectivity index (χ1n) is 7.82. The number of aromatic nitrogens is 2. The first-order chi connectivity index (χ1) is 11.0. The topological polar surface area (TPSA) is 28.8 Å². The van der Waals surface area contributed by atoms with Crippen LogP contribution in [0, 0.1) is 0 Å². The van der Waals surface area contributed by atoms with Crippen LogP contribution in [0.1, 0.15) is 37.8 Å². The molecule has 1 aliphatic heterocycles. The number of rotatable bonds is 3. The Hall–Kier alpha value is -1.45. The fraction of sp³-hybridized carbons (Fsp3) is 0.389. The summed E-state index contributed by atoms with van der Waals surface area (Å²) in [4.78, 5) is 8.64. The Balaban J connectivity index is 2.26. The van der Waals surface area contributed by atoms with E-state index in [2.05, 4.69) is 47.6 Å². The molecule has 0 aromatic carbocycles. The summed E-state index contributed by atoms with van der Waals surface area (Å²) in [7, 11) is 2.16. The van der Waals surface area contributed by atoms with Crippen LogP contribution in [0.15, 0.2) is 36.7 Å². The van der Waals surface area contributed by atoms with E-state index >= 15 is 0 Å². The summed E-state index contributed by atoms with van der Waals surface area (Å²) in [6.45, 7) is 4.45. The van der Waals surface area contributed by atoms with Gasteiger partial charge in [-0.25, -0.2) is 14.5 Å². The molecule has 3 nitrogen and oxygen atoms in total. The van der Waals surface area contributed by atoms with Gasteiger partial charge >= 0.3 is 0 Å². The van der Waals surface area contributed by atoms with E-state index in [1.807, 2.05) is 24.5 Å². The average Bonchev–Trinajstić information content (AvgIpc) is 2.80. The van der Waals surface area contributed by atoms with Crippen molar-refractivity contribution in [1.82, 2.24) is 9.97 Å². The second-order valence-electron chi connectivity index (χ2n) is 6.11. The van der Waals surface area contributed by atoms with Gasteiger partial charge in [0, 0.05) is 25.2 Å². The summed E-state index contributed by atoms with van der Waals surface area (Å²) in [5.74, 6) is 0. The zero-order chi connectivity index (χ0) is 16.6. The molecule has 3 rings (SSSR count). The van der Waals surface area contributed by atoms with Crippen LogP contribution in [0.25, 0.3) is 0 Å². The fourth-order valence-corrected chi connectivity index (χ4v) is 4.03. The van der Waals surface area contributed by atoms with Crippen LogP contribution in [-0.4, -0.2) is 33.3 Å². The Morgan fingerprint density at radius 2 is 1.61 bits per heavy atom. The predicted molar refractivity (Wildman–Crippen MR) is 94.8 cm³/mol. The molecular weight excluding hydrogens is 329 g/mol. The molecule has 0 saturated carbocycles. The van der Waals surface area contributed by atoms with Crippen LogP contribution in [0.5, 0.6) is 0 Å². The monoisotopic (exact) mass is 348 g/mol. The molecule has 0 radical (unpaired) electrons. The second kappa shape index (κ2) is 6.21. The third-order valence-corrected chi connectivity index (χ3v) is 5.40. The summed E-state index contributed by atoms with van der Waals surface area (Å²) in [6.07, 6.45) is 5.72. The quantitative estimate of drug-likeness (QED) is 0.609. The van der Waals surface area contributed by atoms with Gasteiger partial charge in [0.2, 0.25) is 0 Å². The van der Waals surface area contributed by atoms with Crippen LogP contribution >= 0.6 is 23.2 Å². The Kier molecular flexibility index (Phi) is 4.43. The molecule has 0 spiro atoms. The lowest BCUT2D eigenvalue weighted by molar-refractivity contribution is -0.526. The van der Waals surface area contributed by atoms with E-state index < -0.39 is 0 Å². The smallest absolute Gasteiger partial charge is 0.167 e. The number of pyridine rings is 2. The minimum absolute atomic E-state index is 0.224. The van der Waals surface area contributed by atoms with Crippen molar-refractivity contribution in [1.29, 1.82) is 0 Å². The van der Waals surface area contributed by atoms with Gasteiger partial charge in [-0.3, -0.25) is 0 Å². The third kappa shape index (κ3) is 2.66. The first-order valence-corrected chi connectivity index (χ1v) is 8.58. The highest BCUT2D eigenvalue weighted by atomic mass is 35.5. The first kappa shape index (κ1) is 16.4. The highest BCUT2D eigenvalue weighted by molar-refractivity contribution is 6.29. The Labute approximate surface area is 147 Å². The molecule has 5 heteroatoms. The van der Waals surface area contributed by atoms with Crippen molar-refractivity contribution in [3.05, 3.63) is 58.1 Å². The fourth-order valence-electron chi connectivity index (χ4n) is 3.81. The van der Waals surface area contributed by atoms with Gasteiger partial charge < -0.3 is 0 Å². The van der Waals surface area contributed by atoms with Gasteiger partial charge in [0.1, 0.15) is 22.8 Å². The molecule has 0 saturated heterocycles. The molecule has 23 heavy (non-hydrogen) atoms. The van der Waals surface area contributed by atoms with Gasteiger partial charge in [-0.2, -0.15) is 0 Å². The zero-order valence-electron chi connectivity index (χ0n) is 13.6. The molecule has 0 N–H and O–H groups in total. The molecule has 0 bridgehead atoms. The maximum atomic E-state index is 6.00. The molecule has 0 unspecified atom stereocenters. The minimum atomic E-state index is -0.224. The predicted octanol–water partition coefficient (Wildman–Crippen LogP) is 4.36. The second-order valence-corrected chi connectivity index (χ2v) is 6.88. The van der Waals surface area contributed by atoms with E-state index in [1.165, 1.54) is 5.71 Å². The Morgan fingerprint density at radius 3 is 2.00 bits per heavy atom. The summed E-state index contributed by atoms with van der Waals surface area (Å²) >= 11 is 12.0. The largest absolute Gasteiger partial charge is 0.244 e. The number of hydrogen-bond acceptors (Lipinski definition) is 2. The van der Waals surface area contributed by atoms with Gasteiger partial charge in [0.15, 0.2) is 11.8 Å². The highest BCUT2D eigenvalue weighted by Gasteiger charge is 2.51. The van der Waals surface area contributed by atoms with Crippen molar-refractivity contribution < 1.29 is 4.58 Å². The Bertz CT molecular complexity index is 690. The van der Waals surface area contributed by atoms with Gasteiger partial charge in [-0.1, -0.05) is 42.3 Å². The van der Waals surface area contributed by atoms with E-state index in [9.17, 15) is 0 Å². The molecule has 0 aliphatic carbocycles. The van der Waals surface area contributed by atoms with Crippen molar-refractivity contribution in [3.63, 3.8) is 0 Å². The summed E-state index contributed by atoms with van der Waals surface area (Å²) in [6, 6.07) is 8.31. The molecular formula is C18H20Cl2N3+. The summed E-state index contributed by atoms with van der Waals surface area (Å²) < 4.78 is 2.38. The molecule has 120 valence electrons. The number of nitrogens with zero attached hydrogens (tertiary/aromatic N) is 3. The van der Waals surface area contributed by atoms with Gasteiger partial charge in [-0.05, 0) is 30.2 Å². The molecule has 1 atom stereocenters. The normalized spacial score (nSPS) is 20.1. The van der Waals surface area contributed by atoms with Gasteiger partial charge in [0.25, 0.3) is 0 Å². The van der Waals surface area contributed by atoms with E-state index in [0.717, 1.165) is 24.0 Å². The van der Waals surface area contributed by atoms with Crippen molar-refractivity contribution >= 4 is 28.9 Å². The maximum Gasteiger partial charge on any atom is 0.167 e. The average molecular weight is 349 g/mol. The van der Waals surface area contributed by atoms with Crippen LogP contribution in [0.3, 0.4) is 0 Å². The lowest BCUT2D eigenvalue weighted by Crippen LogP contribution is -2.35. The lowest BCUT2D eigenvalue weighted by atomic mass is 9.69. The van der Waals surface area contributed by atoms with E-state index in [1.54, 1.807) is 0 Å². The van der Waals surface area contributed by atoms with Crippen LogP contribution in [0.2, 0.25) is 10.3 Å². The zero-order valence-corrected chi connectivity index (χ0v) is 15.1. The highest BCUT2D eigenvalue weighted by Crippen LogP contribution is 2.43. The maximum absolute atomic E-state index is 6.00. The van der Waals surface area contributed by atoms with Crippen LogP contribution < -0.4 is 0 Å².